The number of carbonyl (C=O) groups is 1. The van der Waals surface area contributed by atoms with E-state index in [0.29, 0.717) is 0 Å². The molecule has 2 aliphatic heterocycles. The number of aromatic nitrogens is 1. The predicted octanol–water partition coefficient (Wildman–Crippen LogP) is 1.53. The van der Waals surface area contributed by atoms with Crippen molar-refractivity contribution in [3.8, 4) is 0 Å². The van der Waals surface area contributed by atoms with Gasteiger partial charge in [-0.15, -0.1) is 0 Å². The molecule has 0 aliphatic carbocycles. The van der Waals surface area contributed by atoms with Crippen molar-refractivity contribution in [1.82, 2.24) is 15.2 Å². The second-order valence-electron chi connectivity index (χ2n) is 6.58. The number of nitrogens with zero attached hydrogens (tertiary/aromatic N) is 3. The van der Waals surface area contributed by atoms with Crippen molar-refractivity contribution in [3.63, 3.8) is 0 Å². The molecule has 2 aliphatic rings. The van der Waals surface area contributed by atoms with Crippen LogP contribution in [0.15, 0.2) is 18.3 Å². The van der Waals surface area contributed by atoms with Gasteiger partial charge in [-0.05, 0) is 44.2 Å². The first-order chi connectivity index (χ1) is 11.2. The van der Waals surface area contributed by atoms with Crippen LogP contribution in [0.1, 0.15) is 31.2 Å². The second kappa shape index (κ2) is 7.17. The maximum Gasteiger partial charge on any atom is 0.317 e. The van der Waals surface area contributed by atoms with Crippen LogP contribution in [0, 0.1) is 6.92 Å². The van der Waals surface area contributed by atoms with Crippen LogP contribution >= 0.6 is 0 Å². The number of aryl methyl sites for hydroxylation is 1. The Kier molecular flexibility index (Phi) is 5.00. The third-order valence-electron chi connectivity index (χ3n) is 4.89. The number of hydrogen-bond acceptors (Lipinski definition) is 4. The summed E-state index contributed by atoms with van der Waals surface area (Å²) in [6, 6.07) is 4.33. The Morgan fingerprint density at radius 1 is 1.30 bits per heavy atom. The Bertz CT molecular complexity index is 526. The highest BCUT2D eigenvalue weighted by Gasteiger charge is 2.30. The third-order valence-corrected chi connectivity index (χ3v) is 4.89. The minimum Gasteiger partial charge on any atom is -0.394 e. The fourth-order valence-corrected chi connectivity index (χ4v) is 3.45. The van der Waals surface area contributed by atoms with Crippen LogP contribution < -0.4 is 10.2 Å². The minimum atomic E-state index is -0.0199. The molecule has 6 nitrogen and oxygen atoms in total. The highest BCUT2D eigenvalue weighted by atomic mass is 16.3. The molecule has 2 fully saturated rings. The van der Waals surface area contributed by atoms with Crippen molar-refractivity contribution >= 4 is 11.8 Å². The van der Waals surface area contributed by atoms with Gasteiger partial charge in [0.2, 0.25) is 0 Å². The fourth-order valence-electron chi connectivity index (χ4n) is 3.45. The average Bonchev–Trinajstić information content (AvgIpc) is 3.05. The lowest BCUT2D eigenvalue weighted by Gasteiger charge is -2.34. The number of nitrogens with one attached hydrogen (secondary N) is 1. The lowest BCUT2D eigenvalue weighted by Crippen LogP contribution is -2.51. The van der Waals surface area contributed by atoms with Crippen LogP contribution in [0.4, 0.5) is 10.6 Å². The van der Waals surface area contributed by atoms with Crippen LogP contribution in [0.25, 0.3) is 0 Å². The Balaban J connectivity index is 1.49. The molecule has 2 N–H and O–H groups in total. The zero-order chi connectivity index (χ0) is 16.2. The molecule has 0 bridgehead atoms. The zero-order valence-corrected chi connectivity index (χ0v) is 13.7. The number of piperidine rings is 1. The number of aliphatic hydroxyl groups excluding tert-OH is 1. The lowest BCUT2D eigenvalue weighted by molar-refractivity contribution is 0.153. The smallest absolute Gasteiger partial charge is 0.317 e. The van der Waals surface area contributed by atoms with E-state index in [4.69, 9.17) is 0 Å². The molecule has 0 saturated carbocycles. The van der Waals surface area contributed by atoms with Crippen LogP contribution in [0.5, 0.6) is 0 Å². The summed E-state index contributed by atoms with van der Waals surface area (Å²) in [6.45, 7) is 4.67. The van der Waals surface area contributed by atoms with Gasteiger partial charge >= 0.3 is 6.03 Å². The summed E-state index contributed by atoms with van der Waals surface area (Å²) < 4.78 is 0. The maximum atomic E-state index is 12.3. The molecule has 2 amide bonds. The summed E-state index contributed by atoms with van der Waals surface area (Å²) in [5.74, 6) is 1.01. The van der Waals surface area contributed by atoms with Gasteiger partial charge in [0.25, 0.3) is 0 Å². The molecule has 0 aromatic carbocycles. The van der Waals surface area contributed by atoms with E-state index in [2.05, 4.69) is 27.3 Å². The number of amides is 2. The molecule has 0 spiro atoms. The Labute approximate surface area is 137 Å². The number of aliphatic hydroxyl groups is 1. The van der Waals surface area contributed by atoms with Crippen LogP contribution in [0.3, 0.4) is 0 Å². The van der Waals surface area contributed by atoms with E-state index < -0.39 is 0 Å². The molecule has 3 heterocycles. The van der Waals surface area contributed by atoms with E-state index >= 15 is 0 Å². The van der Waals surface area contributed by atoms with Crippen molar-refractivity contribution in [2.45, 2.75) is 44.7 Å². The van der Waals surface area contributed by atoms with E-state index in [1.807, 2.05) is 13.1 Å². The second-order valence-corrected chi connectivity index (χ2v) is 6.58. The number of anilines is 1. The van der Waals surface area contributed by atoms with Crippen LogP contribution in [0.2, 0.25) is 0 Å². The third kappa shape index (κ3) is 3.75. The number of likely N-dealkylation sites (tertiary alicyclic amines) is 1. The van der Waals surface area contributed by atoms with E-state index in [-0.39, 0.29) is 24.7 Å². The topological polar surface area (TPSA) is 68.7 Å². The summed E-state index contributed by atoms with van der Waals surface area (Å²) in [7, 11) is 0. The molecule has 1 aromatic heterocycles. The van der Waals surface area contributed by atoms with Gasteiger partial charge in [-0.3, -0.25) is 0 Å². The molecular weight excluding hydrogens is 292 g/mol. The first kappa shape index (κ1) is 16.1. The molecular formula is C17H26N4O2. The Hall–Kier alpha value is -1.82. The highest BCUT2D eigenvalue weighted by Crippen LogP contribution is 2.20. The summed E-state index contributed by atoms with van der Waals surface area (Å²) in [6.07, 6.45) is 5.64. The summed E-state index contributed by atoms with van der Waals surface area (Å²) in [4.78, 5) is 20.9. The molecule has 6 heteroatoms. The monoisotopic (exact) mass is 318 g/mol. The van der Waals surface area contributed by atoms with Gasteiger partial charge in [-0.1, -0.05) is 6.07 Å². The number of urea groups is 1. The van der Waals surface area contributed by atoms with Gasteiger partial charge in [-0.25, -0.2) is 9.78 Å². The van der Waals surface area contributed by atoms with Gasteiger partial charge in [0.1, 0.15) is 5.82 Å². The maximum absolute atomic E-state index is 12.3. The van der Waals surface area contributed by atoms with Gasteiger partial charge in [0.15, 0.2) is 0 Å². The molecule has 3 rings (SSSR count). The van der Waals surface area contributed by atoms with Crippen molar-refractivity contribution in [1.29, 1.82) is 0 Å². The van der Waals surface area contributed by atoms with Crippen molar-refractivity contribution in [3.05, 3.63) is 23.9 Å². The first-order valence-corrected chi connectivity index (χ1v) is 8.53. The lowest BCUT2D eigenvalue weighted by atomic mass is 10.1. The van der Waals surface area contributed by atoms with Gasteiger partial charge in [0.05, 0.1) is 12.6 Å². The molecule has 126 valence electrons. The number of pyridine rings is 1. The number of carbonyl (C=O) groups excluding carboxylic acids is 1. The average molecular weight is 318 g/mol. The van der Waals surface area contributed by atoms with Crippen LogP contribution in [-0.4, -0.2) is 59.3 Å². The molecule has 1 atom stereocenters. The largest absolute Gasteiger partial charge is 0.394 e. The molecule has 0 radical (unpaired) electrons. The minimum absolute atomic E-state index is 0.00755. The predicted molar refractivity (Wildman–Crippen MR) is 89.6 cm³/mol. The zero-order valence-electron chi connectivity index (χ0n) is 13.7. The first-order valence-electron chi connectivity index (χ1n) is 8.53. The van der Waals surface area contributed by atoms with Crippen molar-refractivity contribution in [2.24, 2.45) is 0 Å². The molecule has 2 saturated heterocycles. The molecule has 23 heavy (non-hydrogen) atoms. The molecule has 1 unspecified atom stereocenters. The van der Waals surface area contributed by atoms with E-state index in [0.717, 1.165) is 51.1 Å². The SMILES string of the molecule is Cc1ccc(N2CCC(NC(=O)N3CCCC3CO)CC2)nc1. The van der Waals surface area contributed by atoms with Gasteiger partial charge in [-0.2, -0.15) is 0 Å². The van der Waals surface area contributed by atoms with Gasteiger partial charge < -0.3 is 20.2 Å². The fraction of sp³-hybridized carbons (Fsp3) is 0.647. The van der Waals surface area contributed by atoms with Crippen molar-refractivity contribution < 1.29 is 9.90 Å². The summed E-state index contributed by atoms with van der Waals surface area (Å²) >= 11 is 0. The van der Waals surface area contributed by atoms with E-state index in [1.165, 1.54) is 5.56 Å². The highest BCUT2D eigenvalue weighted by molar-refractivity contribution is 5.75. The number of rotatable bonds is 3. The van der Waals surface area contributed by atoms with E-state index in [9.17, 15) is 9.90 Å². The van der Waals surface area contributed by atoms with Gasteiger partial charge in [0, 0.05) is 31.9 Å². The van der Waals surface area contributed by atoms with Crippen LogP contribution in [-0.2, 0) is 0 Å². The van der Waals surface area contributed by atoms with E-state index in [1.54, 1.807) is 4.90 Å². The normalized spacial score (nSPS) is 22.4. The summed E-state index contributed by atoms with van der Waals surface area (Å²) in [5.41, 5.74) is 1.17. The standard InChI is InChI=1S/C17H26N4O2/c1-13-4-5-16(18-11-13)20-9-6-14(7-10-20)19-17(23)21-8-2-3-15(21)12-22/h4-5,11,14-15,22H,2-3,6-10,12H2,1H3,(H,19,23). The Morgan fingerprint density at radius 3 is 2.74 bits per heavy atom. The Morgan fingerprint density at radius 2 is 2.09 bits per heavy atom. The number of hydrogen-bond donors (Lipinski definition) is 2. The quantitative estimate of drug-likeness (QED) is 0.887. The summed E-state index contributed by atoms with van der Waals surface area (Å²) in [5, 5.41) is 12.5. The molecule has 1 aromatic rings. The van der Waals surface area contributed by atoms with Crippen molar-refractivity contribution in [2.75, 3.05) is 31.1 Å².